The van der Waals surface area contributed by atoms with Crippen molar-refractivity contribution in [2.75, 3.05) is 19.0 Å². The summed E-state index contributed by atoms with van der Waals surface area (Å²) in [6.07, 6.45) is 0.144. The summed E-state index contributed by atoms with van der Waals surface area (Å²) in [4.78, 5) is 34.5. The number of carbonyl (C=O) groups excluding carboxylic acids is 3. The normalized spacial score (nSPS) is 9.96. The number of hydrogen-bond donors (Lipinski definition) is 2. The van der Waals surface area contributed by atoms with Crippen molar-refractivity contribution in [3.63, 3.8) is 0 Å². The number of hydrogen-bond acceptors (Lipinski definition) is 5. The maximum atomic E-state index is 12.0. The Bertz CT molecular complexity index is 771. The average Bonchev–Trinajstić information content (AvgIpc) is 2.60. The van der Waals surface area contributed by atoms with Crippen LogP contribution in [0.15, 0.2) is 48.5 Å². The van der Waals surface area contributed by atoms with Crippen molar-refractivity contribution in [1.82, 2.24) is 0 Å². The highest BCUT2D eigenvalue weighted by Gasteiger charge is 2.13. The van der Waals surface area contributed by atoms with Crippen molar-refractivity contribution in [3.8, 4) is 5.75 Å². The van der Waals surface area contributed by atoms with E-state index in [-0.39, 0.29) is 18.6 Å². The van der Waals surface area contributed by atoms with Crippen molar-refractivity contribution >= 4 is 23.5 Å². The Balaban J connectivity index is 1.93. The SMILES string of the molecule is COC(=O)c1ccccc1NC(=O)COc1ccc(CC(N)=O)cc1. The van der Waals surface area contributed by atoms with Gasteiger partial charge in [-0.05, 0) is 29.8 Å². The van der Waals surface area contributed by atoms with E-state index < -0.39 is 17.8 Å². The van der Waals surface area contributed by atoms with Crippen LogP contribution >= 0.6 is 0 Å². The fourth-order valence-electron chi connectivity index (χ4n) is 2.12. The fraction of sp³-hybridized carbons (Fsp3) is 0.167. The molecule has 0 aliphatic rings. The summed E-state index contributed by atoms with van der Waals surface area (Å²) >= 11 is 0. The predicted octanol–water partition coefficient (Wildman–Crippen LogP) is 1.52. The first-order valence-corrected chi connectivity index (χ1v) is 7.47. The number of esters is 1. The number of anilines is 1. The number of ether oxygens (including phenoxy) is 2. The zero-order valence-electron chi connectivity index (χ0n) is 13.7. The quantitative estimate of drug-likeness (QED) is 0.742. The van der Waals surface area contributed by atoms with Gasteiger partial charge in [-0.15, -0.1) is 0 Å². The Labute approximate surface area is 144 Å². The molecule has 2 aromatic rings. The molecule has 0 aliphatic heterocycles. The zero-order chi connectivity index (χ0) is 18.2. The molecule has 0 aromatic heterocycles. The summed E-state index contributed by atoms with van der Waals surface area (Å²) in [6, 6.07) is 13.2. The van der Waals surface area contributed by atoms with Crippen LogP contribution in [-0.4, -0.2) is 31.5 Å². The molecule has 0 atom stereocenters. The van der Waals surface area contributed by atoms with E-state index >= 15 is 0 Å². The molecular weight excluding hydrogens is 324 g/mol. The highest BCUT2D eigenvalue weighted by atomic mass is 16.5. The van der Waals surface area contributed by atoms with Crippen LogP contribution in [0.25, 0.3) is 0 Å². The van der Waals surface area contributed by atoms with E-state index in [4.69, 9.17) is 10.5 Å². The van der Waals surface area contributed by atoms with Crippen LogP contribution in [0, 0.1) is 0 Å². The summed E-state index contributed by atoms with van der Waals surface area (Å²) in [5, 5.41) is 2.61. The first kappa shape index (κ1) is 18.0. The molecule has 0 saturated carbocycles. The molecule has 0 bridgehead atoms. The van der Waals surface area contributed by atoms with Gasteiger partial charge in [0.1, 0.15) is 5.75 Å². The average molecular weight is 342 g/mol. The molecule has 7 heteroatoms. The van der Waals surface area contributed by atoms with Crippen LogP contribution in [-0.2, 0) is 20.7 Å². The predicted molar refractivity (Wildman–Crippen MR) is 91.2 cm³/mol. The minimum absolute atomic E-state index is 0.144. The van der Waals surface area contributed by atoms with Gasteiger partial charge in [-0.3, -0.25) is 9.59 Å². The van der Waals surface area contributed by atoms with Crippen LogP contribution < -0.4 is 15.8 Å². The van der Waals surface area contributed by atoms with Crippen molar-refractivity contribution in [3.05, 3.63) is 59.7 Å². The minimum atomic E-state index is -0.540. The van der Waals surface area contributed by atoms with E-state index in [2.05, 4.69) is 10.1 Å². The third kappa shape index (κ3) is 5.35. The summed E-state index contributed by atoms with van der Waals surface area (Å²) in [7, 11) is 1.27. The number of rotatable bonds is 7. The molecule has 130 valence electrons. The summed E-state index contributed by atoms with van der Waals surface area (Å²) in [6.45, 7) is -0.231. The number of nitrogens with two attached hydrogens (primary N) is 1. The Morgan fingerprint density at radius 2 is 1.72 bits per heavy atom. The van der Waals surface area contributed by atoms with Gasteiger partial charge in [0, 0.05) is 0 Å². The molecule has 2 aromatic carbocycles. The number of primary amides is 1. The van der Waals surface area contributed by atoms with E-state index in [1.807, 2.05) is 0 Å². The maximum Gasteiger partial charge on any atom is 0.339 e. The van der Waals surface area contributed by atoms with Gasteiger partial charge in [0.15, 0.2) is 6.61 Å². The summed E-state index contributed by atoms with van der Waals surface area (Å²) in [5.41, 5.74) is 6.49. The highest BCUT2D eigenvalue weighted by Crippen LogP contribution is 2.16. The van der Waals surface area contributed by atoms with Crippen LogP contribution in [0.2, 0.25) is 0 Å². The molecule has 7 nitrogen and oxygen atoms in total. The number of carbonyl (C=O) groups is 3. The highest BCUT2D eigenvalue weighted by molar-refractivity contribution is 6.01. The third-order valence-corrected chi connectivity index (χ3v) is 3.28. The Morgan fingerprint density at radius 1 is 1.04 bits per heavy atom. The van der Waals surface area contributed by atoms with Crippen molar-refractivity contribution in [2.45, 2.75) is 6.42 Å². The van der Waals surface area contributed by atoms with Gasteiger partial charge in [-0.1, -0.05) is 24.3 Å². The number of benzene rings is 2. The first-order valence-electron chi connectivity index (χ1n) is 7.47. The van der Waals surface area contributed by atoms with Gasteiger partial charge in [0.25, 0.3) is 5.91 Å². The maximum absolute atomic E-state index is 12.0. The van der Waals surface area contributed by atoms with E-state index in [9.17, 15) is 14.4 Å². The van der Waals surface area contributed by atoms with Gasteiger partial charge in [0.2, 0.25) is 5.91 Å². The van der Waals surface area contributed by atoms with Crippen molar-refractivity contribution < 1.29 is 23.9 Å². The third-order valence-electron chi connectivity index (χ3n) is 3.28. The van der Waals surface area contributed by atoms with Crippen LogP contribution in [0.4, 0.5) is 5.69 Å². The smallest absolute Gasteiger partial charge is 0.339 e. The largest absolute Gasteiger partial charge is 0.484 e. The zero-order valence-corrected chi connectivity index (χ0v) is 13.7. The van der Waals surface area contributed by atoms with Crippen LogP contribution in [0.3, 0.4) is 0 Å². The van der Waals surface area contributed by atoms with E-state index in [0.717, 1.165) is 5.56 Å². The molecule has 0 saturated heterocycles. The van der Waals surface area contributed by atoms with E-state index in [1.54, 1.807) is 48.5 Å². The lowest BCUT2D eigenvalue weighted by Gasteiger charge is -2.10. The topological polar surface area (TPSA) is 108 Å². The van der Waals surface area contributed by atoms with Gasteiger partial charge in [-0.25, -0.2) is 4.79 Å². The molecule has 2 rings (SSSR count). The second-order valence-corrected chi connectivity index (χ2v) is 5.16. The molecule has 0 aliphatic carbocycles. The second kappa shape index (κ2) is 8.49. The molecule has 0 spiro atoms. The molecule has 25 heavy (non-hydrogen) atoms. The Morgan fingerprint density at radius 3 is 2.36 bits per heavy atom. The number of amides is 2. The summed E-state index contributed by atoms with van der Waals surface area (Å²) in [5.74, 6) is -0.902. The van der Waals surface area contributed by atoms with Crippen molar-refractivity contribution in [2.24, 2.45) is 5.73 Å². The Kier molecular flexibility index (Phi) is 6.11. The lowest BCUT2D eigenvalue weighted by molar-refractivity contribution is -0.118. The van der Waals surface area contributed by atoms with Gasteiger partial charge < -0.3 is 20.5 Å². The molecule has 0 unspecified atom stereocenters. The van der Waals surface area contributed by atoms with E-state index in [1.165, 1.54) is 7.11 Å². The minimum Gasteiger partial charge on any atom is -0.484 e. The lowest BCUT2D eigenvalue weighted by atomic mass is 10.1. The van der Waals surface area contributed by atoms with Crippen LogP contribution in [0.1, 0.15) is 15.9 Å². The molecular formula is C18H18N2O5. The Hall–Kier alpha value is -3.35. The van der Waals surface area contributed by atoms with Gasteiger partial charge in [0.05, 0.1) is 24.8 Å². The molecule has 2 amide bonds. The first-order chi connectivity index (χ1) is 12.0. The number of methoxy groups -OCH3 is 1. The number of para-hydroxylation sites is 1. The van der Waals surface area contributed by atoms with Gasteiger partial charge >= 0.3 is 5.97 Å². The summed E-state index contributed by atoms with van der Waals surface area (Å²) < 4.78 is 10.1. The number of nitrogens with one attached hydrogen (secondary N) is 1. The molecule has 0 fully saturated rings. The molecule has 0 heterocycles. The standard InChI is InChI=1S/C18H18N2O5/c1-24-18(23)14-4-2-3-5-15(14)20-17(22)11-25-13-8-6-12(7-9-13)10-16(19)21/h2-9H,10-11H2,1H3,(H2,19,21)(H,20,22). The molecule has 3 N–H and O–H groups in total. The van der Waals surface area contributed by atoms with Gasteiger partial charge in [-0.2, -0.15) is 0 Å². The molecule has 0 radical (unpaired) electrons. The van der Waals surface area contributed by atoms with E-state index in [0.29, 0.717) is 11.4 Å². The van der Waals surface area contributed by atoms with Crippen LogP contribution in [0.5, 0.6) is 5.75 Å². The monoisotopic (exact) mass is 342 g/mol. The lowest BCUT2D eigenvalue weighted by Crippen LogP contribution is -2.21. The second-order valence-electron chi connectivity index (χ2n) is 5.16. The fourth-order valence-corrected chi connectivity index (χ4v) is 2.12. The van der Waals surface area contributed by atoms with Crippen molar-refractivity contribution in [1.29, 1.82) is 0 Å².